The van der Waals surface area contributed by atoms with E-state index in [1.54, 1.807) is 13.3 Å². The molecule has 2 atom stereocenters. The molecule has 0 bridgehead atoms. The molecular weight excluding hydrogens is 216 g/mol. The molecule has 0 saturated carbocycles. The fourth-order valence-corrected chi connectivity index (χ4v) is 2.24. The van der Waals surface area contributed by atoms with Crippen molar-refractivity contribution in [1.29, 1.82) is 0 Å². The smallest absolute Gasteiger partial charge is 0.161 e. The number of hydrazine groups is 1. The van der Waals surface area contributed by atoms with Gasteiger partial charge in [-0.2, -0.15) is 5.10 Å². The second-order valence-corrected chi connectivity index (χ2v) is 4.32. The molecule has 0 radical (unpaired) electrons. The van der Waals surface area contributed by atoms with Crippen LogP contribution in [0.25, 0.3) is 0 Å². The third-order valence-corrected chi connectivity index (χ3v) is 3.15. The normalized spacial score (nSPS) is 14.6. The first kappa shape index (κ1) is 14.0. The van der Waals surface area contributed by atoms with E-state index in [1.807, 2.05) is 4.68 Å². The maximum Gasteiger partial charge on any atom is 0.161 e. The number of rotatable bonds is 7. The van der Waals surface area contributed by atoms with Crippen molar-refractivity contribution >= 4 is 0 Å². The quantitative estimate of drug-likeness (QED) is 0.564. The SMILES string of the molecule is CCCC(C)C(NN)c1c(OC)cnn1CC. The van der Waals surface area contributed by atoms with Gasteiger partial charge < -0.3 is 4.74 Å². The van der Waals surface area contributed by atoms with E-state index >= 15 is 0 Å². The average molecular weight is 240 g/mol. The molecule has 0 aliphatic heterocycles. The number of nitrogens with two attached hydrogens (primary N) is 1. The maximum atomic E-state index is 5.70. The minimum Gasteiger partial charge on any atom is -0.493 e. The van der Waals surface area contributed by atoms with Gasteiger partial charge in [-0.05, 0) is 19.3 Å². The Morgan fingerprint density at radius 3 is 2.71 bits per heavy atom. The highest BCUT2D eigenvalue weighted by Gasteiger charge is 2.25. The summed E-state index contributed by atoms with van der Waals surface area (Å²) in [6, 6.07) is 0.0762. The predicted octanol–water partition coefficient (Wildman–Crippen LogP) is 1.85. The molecule has 17 heavy (non-hydrogen) atoms. The summed E-state index contributed by atoms with van der Waals surface area (Å²) < 4.78 is 7.30. The largest absolute Gasteiger partial charge is 0.493 e. The highest BCUT2D eigenvalue weighted by atomic mass is 16.5. The lowest BCUT2D eigenvalue weighted by Crippen LogP contribution is -2.34. The Kier molecular flexibility index (Phi) is 5.44. The minimum absolute atomic E-state index is 0.0762. The molecule has 0 aliphatic carbocycles. The molecule has 1 aromatic heterocycles. The number of methoxy groups -OCH3 is 1. The zero-order valence-corrected chi connectivity index (χ0v) is 11.2. The van der Waals surface area contributed by atoms with E-state index in [9.17, 15) is 0 Å². The Hall–Kier alpha value is -1.07. The summed E-state index contributed by atoms with van der Waals surface area (Å²) in [5.41, 5.74) is 3.94. The first-order valence-corrected chi connectivity index (χ1v) is 6.25. The highest BCUT2D eigenvalue weighted by molar-refractivity contribution is 5.28. The van der Waals surface area contributed by atoms with Gasteiger partial charge in [0.15, 0.2) is 5.75 Å². The van der Waals surface area contributed by atoms with Crippen molar-refractivity contribution in [2.75, 3.05) is 7.11 Å². The predicted molar refractivity (Wildman–Crippen MR) is 68.6 cm³/mol. The summed E-state index contributed by atoms with van der Waals surface area (Å²) >= 11 is 0. The van der Waals surface area contributed by atoms with Crippen molar-refractivity contribution in [3.8, 4) is 5.75 Å². The van der Waals surface area contributed by atoms with Crippen molar-refractivity contribution in [1.82, 2.24) is 15.2 Å². The molecule has 0 saturated heterocycles. The molecule has 0 spiro atoms. The van der Waals surface area contributed by atoms with Gasteiger partial charge in [0.25, 0.3) is 0 Å². The van der Waals surface area contributed by atoms with E-state index in [1.165, 1.54) is 0 Å². The Morgan fingerprint density at radius 1 is 1.53 bits per heavy atom. The molecule has 0 aromatic carbocycles. The summed E-state index contributed by atoms with van der Waals surface area (Å²) in [7, 11) is 1.67. The minimum atomic E-state index is 0.0762. The van der Waals surface area contributed by atoms with Crippen LogP contribution in [0.5, 0.6) is 5.75 Å². The second-order valence-electron chi connectivity index (χ2n) is 4.32. The lowest BCUT2D eigenvalue weighted by atomic mass is 9.94. The molecule has 0 fully saturated rings. The third-order valence-electron chi connectivity index (χ3n) is 3.15. The number of aryl methyl sites for hydroxylation is 1. The van der Waals surface area contributed by atoms with E-state index in [4.69, 9.17) is 10.6 Å². The molecule has 1 rings (SSSR count). The van der Waals surface area contributed by atoms with E-state index in [0.29, 0.717) is 5.92 Å². The Balaban J connectivity index is 3.04. The first-order valence-electron chi connectivity index (χ1n) is 6.25. The van der Waals surface area contributed by atoms with Gasteiger partial charge >= 0.3 is 0 Å². The van der Waals surface area contributed by atoms with Crippen LogP contribution in [0.15, 0.2) is 6.20 Å². The lowest BCUT2D eigenvalue weighted by Gasteiger charge is -2.24. The van der Waals surface area contributed by atoms with Crippen molar-refractivity contribution < 1.29 is 4.74 Å². The Bertz CT molecular complexity index is 316. The fourth-order valence-electron chi connectivity index (χ4n) is 2.24. The lowest BCUT2D eigenvalue weighted by molar-refractivity contribution is 0.328. The van der Waals surface area contributed by atoms with Gasteiger partial charge in [0, 0.05) is 6.54 Å². The first-order chi connectivity index (χ1) is 8.19. The second kappa shape index (κ2) is 6.61. The van der Waals surface area contributed by atoms with Crippen LogP contribution in [-0.4, -0.2) is 16.9 Å². The number of aromatic nitrogens is 2. The van der Waals surface area contributed by atoms with Crippen LogP contribution in [-0.2, 0) is 6.54 Å². The van der Waals surface area contributed by atoms with Crippen molar-refractivity contribution in [3.05, 3.63) is 11.9 Å². The van der Waals surface area contributed by atoms with Gasteiger partial charge in [0.2, 0.25) is 0 Å². The van der Waals surface area contributed by atoms with E-state index in [-0.39, 0.29) is 6.04 Å². The molecule has 3 N–H and O–H groups in total. The summed E-state index contributed by atoms with van der Waals surface area (Å²) in [6.07, 6.45) is 4.01. The molecule has 1 aromatic rings. The van der Waals surface area contributed by atoms with Gasteiger partial charge in [0.05, 0.1) is 25.0 Å². The number of ether oxygens (including phenoxy) is 1. The van der Waals surface area contributed by atoms with Crippen molar-refractivity contribution in [2.24, 2.45) is 11.8 Å². The van der Waals surface area contributed by atoms with Crippen LogP contribution < -0.4 is 16.0 Å². The van der Waals surface area contributed by atoms with Gasteiger partial charge in [-0.15, -0.1) is 0 Å². The van der Waals surface area contributed by atoms with E-state index in [0.717, 1.165) is 30.8 Å². The van der Waals surface area contributed by atoms with Gasteiger partial charge in [0.1, 0.15) is 0 Å². The summed E-state index contributed by atoms with van der Waals surface area (Å²) in [6.45, 7) is 7.25. The standard InChI is InChI=1S/C12H24N4O/c1-5-7-9(3)11(15-13)12-10(17-4)8-14-16(12)6-2/h8-9,11,15H,5-7,13H2,1-4H3. The molecule has 5 nitrogen and oxygen atoms in total. The third kappa shape index (κ3) is 2.98. The molecule has 0 aliphatic rings. The summed E-state index contributed by atoms with van der Waals surface area (Å²) in [5, 5.41) is 4.31. The molecule has 5 heteroatoms. The number of hydrogen-bond acceptors (Lipinski definition) is 4. The molecule has 98 valence electrons. The van der Waals surface area contributed by atoms with Crippen LogP contribution in [0, 0.1) is 5.92 Å². The fraction of sp³-hybridized carbons (Fsp3) is 0.750. The molecule has 2 unspecified atom stereocenters. The van der Waals surface area contributed by atoms with Crippen molar-refractivity contribution in [3.63, 3.8) is 0 Å². The van der Waals surface area contributed by atoms with Crippen molar-refractivity contribution in [2.45, 2.75) is 46.2 Å². The summed E-state index contributed by atoms with van der Waals surface area (Å²) in [5.74, 6) is 6.94. The summed E-state index contributed by atoms with van der Waals surface area (Å²) in [4.78, 5) is 0. The van der Waals surface area contributed by atoms with Gasteiger partial charge in [-0.1, -0.05) is 20.3 Å². The molecule has 1 heterocycles. The van der Waals surface area contributed by atoms with Crippen LogP contribution >= 0.6 is 0 Å². The van der Waals surface area contributed by atoms with E-state index < -0.39 is 0 Å². The maximum absolute atomic E-state index is 5.70. The molecule has 0 amide bonds. The molecular formula is C12H24N4O. The monoisotopic (exact) mass is 240 g/mol. The zero-order chi connectivity index (χ0) is 12.8. The highest BCUT2D eigenvalue weighted by Crippen LogP contribution is 2.31. The van der Waals surface area contributed by atoms with Crippen LogP contribution in [0.3, 0.4) is 0 Å². The van der Waals surface area contributed by atoms with E-state index in [2.05, 4.69) is 31.3 Å². The number of nitrogens with zero attached hydrogens (tertiary/aromatic N) is 2. The van der Waals surface area contributed by atoms with Crippen LogP contribution in [0.2, 0.25) is 0 Å². The average Bonchev–Trinajstić information content (AvgIpc) is 2.73. The van der Waals surface area contributed by atoms with Crippen LogP contribution in [0.1, 0.15) is 45.3 Å². The van der Waals surface area contributed by atoms with Gasteiger partial charge in [-0.25, -0.2) is 0 Å². The Labute approximate surface area is 103 Å². The van der Waals surface area contributed by atoms with Gasteiger partial charge in [-0.3, -0.25) is 16.0 Å². The van der Waals surface area contributed by atoms with Crippen LogP contribution in [0.4, 0.5) is 0 Å². The Morgan fingerprint density at radius 2 is 2.24 bits per heavy atom. The zero-order valence-electron chi connectivity index (χ0n) is 11.2. The number of nitrogens with one attached hydrogen (secondary N) is 1. The topological polar surface area (TPSA) is 65.1 Å². The number of hydrogen-bond donors (Lipinski definition) is 2.